The molecule has 2 heterocycles. The molecule has 1 aromatic heterocycles. The molecule has 2 aromatic rings. The van der Waals surface area contributed by atoms with E-state index in [0.29, 0.717) is 26.3 Å². The molecule has 8 heteroatoms. The smallest absolute Gasteiger partial charge is 0.267 e. The number of thiophene rings is 1. The minimum Gasteiger partial charge on any atom is -0.379 e. The number of morpholine rings is 1. The third-order valence-corrected chi connectivity index (χ3v) is 8.02. The van der Waals surface area contributed by atoms with Gasteiger partial charge in [-0.2, -0.15) is 4.31 Å². The quantitative estimate of drug-likeness (QED) is 0.734. The number of rotatable bonds is 6. The zero-order valence-corrected chi connectivity index (χ0v) is 18.9. The largest absolute Gasteiger partial charge is 0.379 e. The van der Waals surface area contributed by atoms with Crippen LogP contribution in [0.4, 0.5) is 5.69 Å². The predicted molar refractivity (Wildman–Crippen MR) is 116 cm³/mol. The lowest BCUT2D eigenvalue weighted by Gasteiger charge is -2.26. The highest BCUT2D eigenvalue weighted by atomic mass is 32.2. The Balaban J connectivity index is 1.96. The average Bonchev–Trinajstić information content (AvgIpc) is 3.19. The Hall–Kier alpha value is -1.74. The maximum Gasteiger partial charge on any atom is 0.267 e. The number of amides is 1. The summed E-state index contributed by atoms with van der Waals surface area (Å²) < 4.78 is 32.8. The lowest BCUT2D eigenvalue weighted by atomic mass is 9.92. The van der Waals surface area contributed by atoms with Crippen molar-refractivity contribution in [2.75, 3.05) is 31.6 Å². The Morgan fingerprint density at radius 2 is 1.66 bits per heavy atom. The van der Waals surface area contributed by atoms with Crippen molar-refractivity contribution in [3.63, 3.8) is 0 Å². The third kappa shape index (κ3) is 4.55. The molecule has 0 atom stereocenters. The molecule has 1 aliphatic heterocycles. The van der Waals surface area contributed by atoms with Crippen LogP contribution in [0, 0.1) is 0 Å². The van der Waals surface area contributed by atoms with Crippen molar-refractivity contribution >= 4 is 33.0 Å². The molecule has 0 saturated carbocycles. The van der Waals surface area contributed by atoms with Gasteiger partial charge in [-0.1, -0.05) is 45.9 Å². The summed E-state index contributed by atoms with van der Waals surface area (Å²) in [5.74, 6) is 0.0645. The number of carbonyl (C=O) groups excluding carboxylic acids is 1. The van der Waals surface area contributed by atoms with Crippen molar-refractivity contribution in [1.82, 2.24) is 4.31 Å². The first-order chi connectivity index (χ1) is 13.7. The fraction of sp³-hybridized carbons (Fsp3) is 0.476. The van der Waals surface area contributed by atoms with Crippen LogP contribution in [0.15, 0.2) is 34.5 Å². The summed E-state index contributed by atoms with van der Waals surface area (Å²) in [5.41, 5.74) is 2.86. The molecule has 0 unspecified atom stereocenters. The first-order valence-corrected chi connectivity index (χ1v) is 12.1. The van der Waals surface area contributed by atoms with Crippen LogP contribution in [-0.4, -0.2) is 44.9 Å². The van der Waals surface area contributed by atoms with E-state index in [2.05, 4.69) is 33.0 Å². The van der Waals surface area contributed by atoms with Crippen LogP contribution in [0.3, 0.4) is 0 Å². The first kappa shape index (κ1) is 22.0. The molecule has 0 bridgehead atoms. The van der Waals surface area contributed by atoms with Gasteiger partial charge in [-0.25, -0.2) is 8.42 Å². The van der Waals surface area contributed by atoms with Gasteiger partial charge in [0.1, 0.15) is 9.77 Å². The van der Waals surface area contributed by atoms with Gasteiger partial charge in [-0.3, -0.25) is 4.79 Å². The van der Waals surface area contributed by atoms with Crippen LogP contribution >= 0.6 is 11.3 Å². The van der Waals surface area contributed by atoms with E-state index in [1.54, 1.807) is 5.38 Å². The molecule has 0 spiro atoms. The topological polar surface area (TPSA) is 75.7 Å². The van der Waals surface area contributed by atoms with E-state index in [4.69, 9.17) is 4.74 Å². The van der Waals surface area contributed by atoms with Crippen LogP contribution < -0.4 is 5.32 Å². The molecular formula is C21H28N2O4S2. The maximum atomic E-state index is 13.2. The van der Waals surface area contributed by atoms with E-state index in [1.807, 2.05) is 18.2 Å². The number of anilines is 1. The molecule has 29 heavy (non-hydrogen) atoms. The Morgan fingerprint density at radius 3 is 2.21 bits per heavy atom. The number of hydrogen-bond acceptors (Lipinski definition) is 5. The normalized spacial score (nSPS) is 15.8. The summed E-state index contributed by atoms with van der Waals surface area (Å²) in [6, 6.07) is 7.53. The van der Waals surface area contributed by atoms with E-state index in [0.717, 1.165) is 28.2 Å². The number of sulfonamides is 1. The van der Waals surface area contributed by atoms with Gasteiger partial charge in [0.2, 0.25) is 10.0 Å². The summed E-state index contributed by atoms with van der Waals surface area (Å²) in [6.07, 6.45) is 0. The molecule has 1 amide bonds. The summed E-state index contributed by atoms with van der Waals surface area (Å²) >= 11 is 1.15. The van der Waals surface area contributed by atoms with Gasteiger partial charge in [-0.05, 0) is 34.4 Å². The van der Waals surface area contributed by atoms with Crippen molar-refractivity contribution in [1.29, 1.82) is 0 Å². The van der Waals surface area contributed by atoms with Crippen molar-refractivity contribution in [2.45, 2.75) is 44.4 Å². The van der Waals surface area contributed by atoms with Gasteiger partial charge in [0.15, 0.2) is 0 Å². The van der Waals surface area contributed by atoms with E-state index in [1.165, 1.54) is 10.4 Å². The van der Waals surface area contributed by atoms with Crippen molar-refractivity contribution in [3.05, 3.63) is 45.6 Å². The molecule has 1 saturated heterocycles. The number of benzene rings is 1. The molecule has 1 fully saturated rings. The average molecular weight is 437 g/mol. The second kappa shape index (κ2) is 8.95. The van der Waals surface area contributed by atoms with E-state index < -0.39 is 10.0 Å². The van der Waals surface area contributed by atoms with Crippen LogP contribution in [0.1, 0.15) is 60.3 Å². The Bertz CT molecular complexity index is 948. The van der Waals surface area contributed by atoms with E-state index in [9.17, 15) is 13.2 Å². The molecule has 158 valence electrons. The minimum absolute atomic E-state index is 0.0648. The molecule has 1 aromatic carbocycles. The molecule has 1 aliphatic rings. The molecule has 0 radical (unpaired) electrons. The summed E-state index contributed by atoms with van der Waals surface area (Å²) in [5, 5.41) is 4.68. The number of nitrogens with zero attached hydrogens (tertiary/aromatic N) is 1. The summed E-state index contributed by atoms with van der Waals surface area (Å²) in [6.45, 7) is 9.64. The van der Waals surface area contributed by atoms with Crippen molar-refractivity contribution in [2.24, 2.45) is 0 Å². The van der Waals surface area contributed by atoms with Gasteiger partial charge in [0.25, 0.3) is 5.91 Å². The summed E-state index contributed by atoms with van der Waals surface area (Å²) in [7, 11) is -3.74. The molecular weight excluding hydrogens is 408 g/mol. The van der Waals surface area contributed by atoms with Gasteiger partial charge in [0, 0.05) is 18.8 Å². The van der Waals surface area contributed by atoms with Crippen molar-refractivity contribution < 1.29 is 17.9 Å². The monoisotopic (exact) mass is 436 g/mol. The van der Waals surface area contributed by atoms with Gasteiger partial charge >= 0.3 is 0 Å². The molecule has 6 nitrogen and oxygen atoms in total. The summed E-state index contributed by atoms with van der Waals surface area (Å²) in [4.78, 5) is 13.4. The fourth-order valence-electron chi connectivity index (χ4n) is 3.46. The standard InChI is InChI=1S/C21H28N2O4S2/c1-14(2)16-6-5-7-17(15(3)4)19(16)22-21(24)20-18(8-13-28-20)29(25,26)23-9-11-27-12-10-23/h5-8,13-15H,9-12H2,1-4H3,(H,22,24). The van der Waals surface area contributed by atoms with Gasteiger partial charge < -0.3 is 10.1 Å². The van der Waals surface area contributed by atoms with E-state index >= 15 is 0 Å². The first-order valence-electron chi connectivity index (χ1n) is 9.83. The number of hydrogen-bond donors (Lipinski definition) is 1. The third-order valence-electron chi connectivity index (χ3n) is 5.03. The second-order valence-corrected chi connectivity index (χ2v) is 10.5. The Morgan fingerprint density at radius 1 is 1.07 bits per heavy atom. The highest BCUT2D eigenvalue weighted by Crippen LogP contribution is 2.34. The van der Waals surface area contributed by atoms with E-state index in [-0.39, 0.29) is 27.5 Å². The second-order valence-electron chi connectivity index (χ2n) is 7.71. The van der Waals surface area contributed by atoms with Crippen molar-refractivity contribution in [3.8, 4) is 0 Å². The fourth-order valence-corrected chi connectivity index (χ4v) is 6.16. The number of ether oxygens (including phenoxy) is 1. The van der Waals surface area contributed by atoms with Crippen LogP contribution in [0.5, 0.6) is 0 Å². The number of para-hydroxylation sites is 1. The SMILES string of the molecule is CC(C)c1cccc(C(C)C)c1NC(=O)c1sccc1S(=O)(=O)N1CCOCC1. The molecule has 3 rings (SSSR count). The van der Waals surface area contributed by atoms with Gasteiger partial charge in [-0.15, -0.1) is 11.3 Å². The molecule has 1 N–H and O–H groups in total. The van der Waals surface area contributed by atoms with Crippen LogP contribution in [0.2, 0.25) is 0 Å². The predicted octanol–water partition coefficient (Wildman–Crippen LogP) is 4.27. The van der Waals surface area contributed by atoms with Gasteiger partial charge in [0.05, 0.1) is 13.2 Å². The highest BCUT2D eigenvalue weighted by molar-refractivity contribution is 7.89. The Kier molecular flexibility index (Phi) is 6.78. The van der Waals surface area contributed by atoms with Crippen LogP contribution in [-0.2, 0) is 14.8 Å². The highest BCUT2D eigenvalue weighted by Gasteiger charge is 2.31. The number of carbonyl (C=O) groups is 1. The van der Waals surface area contributed by atoms with Crippen LogP contribution in [0.25, 0.3) is 0 Å². The Labute approximate surface area is 176 Å². The molecule has 0 aliphatic carbocycles. The lowest BCUT2D eigenvalue weighted by Crippen LogP contribution is -2.41. The lowest BCUT2D eigenvalue weighted by molar-refractivity contribution is 0.0730. The maximum absolute atomic E-state index is 13.2. The number of nitrogens with one attached hydrogen (secondary N) is 1. The zero-order valence-electron chi connectivity index (χ0n) is 17.3. The minimum atomic E-state index is -3.74. The zero-order chi connectivity index (χ0) is 21.2.